The Bertz CT molecular complexity index is 1030. The minimum absolute atomic E-state index is 0.215. The lowest BCUT2D eigenvalue weighted by Crippen LogP contribution is -2.27. The number of amides is 2. The molecule has 1 aliphatic rings. The molecular formula is C23H23NO6S. The highest BCUT2D eigenvalue weighted by molar-refractivity contribution is 8.18. The second kappa shape index (κ2) is 9.70. The fraction of sp³-hybridized carbons (Fsp3) is 0.261. The van der Waals surface area contributed by atoms with E-state index in [1.807, 2.05) is 31.2 Å². The van der Waals surface area contributed by atoms with Crippen LogP contribution in [-0.4, -0.2) is 39.8 Å². The number of aryl methyl sites for hydroxylation is 1. The van der Waals surface area contributed by atoms with Gasteiger partial charge >= 0.3 is 5.97 Å². The first-order valence-corrected chi connectivity index (χ1v) is 10.6. The lowest BCUT2D eigenvalue weighted by molar-refractivity contribution is -0.144. The second-order valence-electron chi connectivity index (χ2n) is 6.99. The number of thioether (sulfide) groups is 1. The van der Waals surface area contributed by atoms with Crippen LogP contribution < -0.4 is 9.47 Å². The van der Waals surface area contributed by atoms with Crippen LogP contribution in [0, 0.1) is 6.92 Å². The standard InChI is InChI=1S/C23H23NO6S/c1-4-29-19-11-17(9-10-18(19)30-15(3)22(26)27)12-20-21(25)24(23(28)31-20)13-16-7-5-14(2)6-8-16/h5-12,15H,4,13H2,1-3H3,(H,26,27)/b20-12+. The molecular weight excluding hydrogens is 418 g/mol. The monoisotopic (exact) mass is 441 g/mol. The maximum absolute atomic E-state index is 12.8. The van der Waals surface area contributed by atoms with Gasteiger partial charge in [-0.2, -0.15) is 0 Å². The summed E-state index contributed by atoms with van der Waals surface area (Å²) in [6.07, 6.45) is 0.579. The quantitative estimate of drug-likeness (QED) is 0.604. The smallest absolute Gasteiger partial charge is 0.344 e. The second-order valence-corrected chi connectivity index (χ2v) is 7.98. The van der Waals surface area contributed by atoms with Crippen LogP contribution in [0.4, 0.5) is 4.79 Å². The number of carbonyl (C=O) groups excluding carboxylic acids is 2. The third-order valence-corrected chi connectivity index (χ3v) is 5.46. The van der Waals surface area contributed by atoms with Crippen LogP contribution in [0.1, 0.15) is 30.5 Å². The predicted octanol–water partition coefficient (Wildman–Crippen LogP) is 4.48. The third-order valence-electron chi connectivity index (χ3n) is 4.55. The van der Waals surface area contributed by atoms with Gasteiger partial charge in [-0.1, -0.05) is 35.9 Å². The number of hydrogen-bond donors (Lipinski definition) is 1. The molecule has 0 aliphatic carbocycles. The average Bonchev–Trinajstić information content (AvgIpc) is 2.99. The molecule has 0 aromatic heterocycles. The van der Waals surface area contributed by atoms with Crippen molar-refractivity contribution in [1.29, 1.82) is 0 Å². The summed E-state index contributed by atoms with van der Waals surface area (Å²) in [5.74, 6) is -0.785. The molecule has 1 atom stereocenters. The SMILES string of the molecule is CCOc1cc(/C=C2/SC(=O)N(Cc3ccc(C)cc3)C2=O)ccc1OC(C)C(=O)O. The Kier molecular flexibility index (Phi) is 7.02. The highest BCUT2D eigenvalue weighted by Gasteiger charge is 2.35. The lowest BCUT2D eigenvalue weighted by atomic mass is 10.1. The van der Waals surface area contributed by atoms with Crippen molar-refractivity contribution in [2.24, 2.45) is 0 Å². The van der Waals surface area contributed by atoms with E-state index in [2.05, 4.69) is 0 Å². The van der Waals surface area contributed by atoms with Gasteiger partial charge in [0.2, 0.25) is 0 Å². The molecule has 8 heteroatoms. The molecule has 2 aromatic carbocycles. The molecule has 0 saturated carbocycles. The topological polar surface area (TPSA) is 93.1 Å². The van der Waals surface area contributed by atoms with Gasteiger partial charge in [0.05, 0.1) is 18.1 Å². The molecule has 162 valence electrons. The Balaban J connectivity index is 1.81. The summed E-state index contributed by atoms with van der Waals surface area (Å²) in [7, 11) is 0. The van der Waals surface area contributed by atoms with Gasteiger partial charge in [0.15, 0.2) is 17.6 Å². The minimum Gasteiger partial charge on any atom is -0.490 e. The first-order valence-electron chi connectivity index (χ1n) is 9.75. The minimum atomic E-state index is -1.09. The third kappa shape index (κ3) is 5.46. The number of rotatable bonds is 8. The summed E-state index contributed by atoms with van der Waals surface area (Å²) in [6.45, 7) is 5.77. The predicted molar refractivity (Wildman–Crippen MR) is 118 cm³/mol. The van der Waals surface area contributed by atoms with Gasteiger partial charge in [-0.3, -0.25) is 14.5 Å². The summed E-state index contributed by atoms with van der Waals surface area (Å²) in [6, 6.07) is 12.6. The molecule has 2 amide bonds. The molecule has 1 fully saturated rings. The molecule has 2 aromatic rings. The molecule has 0 spiro atoms. The van der Waals surface area contributed by atoms with Crippen molar-refractivity contribution in [2.75, 3.05) is 6.61 Å². The van der Waals surface area contributed by atoms with E-state index in [0.717, 1.165) is 22.9 Å². The molecule has 3 rings (SSSR count). The van der Waals surface area contributed by atoms with Crippen molar-refractivity contribution in [3.05, 3.63) is 64.1 Å². The molecule has 1 N–H and O–H groups in total. The Hall–Kier alpha value is -3.26. The van der Waals surface area contributed by atoms with E-state index in [-0.39, 0.29) is 17.7 Å². The fourth-order valence-electron chi connectivity index (χ4n) is 2.88. The normalized spacial score (nSPS) is 16.0. The van der Waals surface area contributed by atoms with E-state index in [1.54, 1.807) is 31.2 Å². The zero-order valence-electron chi connectivity index (χ0n) is 17.5. The lowest BCUT2D eigenvalue weighted by Gasteiger charge is -2.15. The summed E-state index contributed by atoms with van der Waals surface area (Å²) in [4.78, 5) is 37.8. The van der Waals surface area contributed by atoms with E-state index >= 15 is 0 Å². The molecule has 0 radical (unpaired) electrons. The highest BCUT2D eigenvalue weighted by atomic mass is 32.2. The number of imide groups is 1. The maximum Gasteiger partial charge on any atom is 0.344 e. The van der Waals surface area contributed by atoms with Crippen LogP contribution in [0.3, 0.4) is 0 Å². The van der Waals surface area contributed by atoms with E-state index in [4.69, 9.17) is 14.6 Å². The number of aliphatic carboxylic acids is 1. The van der Waals surface area contributed by atoms with Gasteiger partial charge in [0.25, 0.3) is 11.1 Å². The van der Waals surface area contributed by atoms with Crippen LogP contribution in [0.25, 0.3) is 6.08 Å². The number of benzene rings is 2. The van der Waals surface area contributed by atoms with Crippen LogP contribution in [0.2, 0.25) is 0 Å². The molecule has 31 heavy (non-hydrogen) atoms. The first kappa shape index (κ1) is 22.4. The number of hydrogen-bond acceptors (Lipinski definition) is 6. The highest BCUT2D eigenvalue weighted by Crippen LogP contribution is 2.35. The molecule has 1 heterocycles. The van der Waals surface area contributed by atoms with Crippen molar-refractivity contribution in [1.82, 2.24) is 4.90 Å². The van der Waals surface area contributed by atoms with Gasteiger partial charge in [-0.05, 0) is 61.9 Å². The molecule has 1 aliphatic heterocycles. The summed E-state index contributed by atoms with van der Waals surface area (Å²) in [5.41, 5.74) is 2.62. The van der Waals surface area contributed by atoms with Crippen LogP contribution in [0.15, 0.2) is 47.4 Å². The number of carboxylic acids is 1. The Labute approximate surface area is 184 Å². The number of ether oxygens (including phenoxy) is 2. The van der Waals surface area contributed by atoms with Crippen molar-refractivity contribution in [3.63, 3.8) is 0 Å². The van der Waals surface area contributed by atoms with Crippen LogP contribution in [-0.2, 0) is 16.1 Å². The largest absolute Gasteiger partial charge is 0.490 e. The summed E-state index contributed by atoms with van der Waals surface area (Å²) in [5, 5.41) is 8.73. The van der Waals surface area contributed by atoms with Gasteiger partial charge in [-0.25, -0.2) is 4.79 Å². The zero-order valence-corrected chi connectivity index (χ0v) is 18.3. The number of carbonyl (C=O) groups is 3. The Morgan fingerprint density at radius 2 is 1.87 bits per heavy atom. The fourth-order valence-corrected chi connectivity index (χ4v) is 3.72. The van der Waals surface area contributed by atoms with Crippen molar-refractivity contribution in [2.45, 2.75) is 33.4 Å². The molecule has 0 bridgehead atoms. The number of carboxylic acid groups (broad SMARTS) is 1. The van der Waals surface area contributed by atoms with Crippen molar-refractivity contribution < 1.29 is 29.0 Å². The Morgan fingerprint density at radius 3 is 2.52 bits per heavy atom. The van der Waals surface area contributed by atoms with Gasteiger partial charge in [-0.15, -0.1) is 0 Å². The van der Waals surface area contributed by atoms with Crippen molar-refractivity contribution in [3.8, 4) is 11.5 Å². The molecule has 1 unspecified atom stereocenters. The summed E-state index contributed by atoms with van der Waals surface area (Å²) < 4.78 is 11.0. The van der Waals surface area contributed by atoms with Crippen LogP contribution >= 0.6 is 11.8 Å². The zero-order chi connectivity index (χ0) is 22.5. The first-order chi connectivity index (χ1) is 14.8. The molecule has 7 nitrogen and oxygen atoms in total. The van der Waals surface area contributed by atoms with E-state index in [1.165, 1.54) is 11.8 Å². The average molecular weight is 442 g/mol. The van der Waals surface area contributed by atoms with E-state index in [0.29, 0.717) is 28.6 Å². The number of nitrogens with zero attached hydrogens (tertiary/aromatic N) is 1. The Morgan fingerprint density at radius 1 is 1.16 bits per heavy atom. The van der Waals surface area contributed by atoms with E-state index < -0.39 is 12.1 Å². The van der Waals surface area contributed by atoms with Crippen LogP contribution in [0.5, 0.6) is 11.5 Å². The molecule has 1 saturated heterocycles. The van der Waals surface area contributed by atoms with Gasteiger partial charge in [0.1, 0.15) is 0 Å². The maximum atomic E-state index is 12.8. The van der Waals surface area contributed by atoms with E-state index in [9.17, 15) is 14.4 Å². The van der Waals surface area contributed by atoms with Gasteiger partial charge < -0.3 is 14.6 Å². The summed E-state index contributed by atoms with van der Waals surface area (Å²) >= 11 is 0.886. The van der Waals surface area contributed by atoms with Crippen molar-refractivity contribution >= 4 is 35.0 Å². The van der Waals surface area contributed by atoms with Gasteiger partial charge in [0, 0.05) is 0 Å².